The summed E-state index contributed by atoms with van der Waals surface area (Å²) in [6.45, 7) is 6.69. The first kappa shape index (κ1) is 16.1. The molecular weight excluding hydrogens is 318 g/mol. The summed E-state index contributed by atoms with van der Waals surface area (Å²) in [7, 11) is 0. The number of nitrogens with zero attached hydrogens (tertiary/aromatic N) is 3. The highest BCUT2D eigenvalue weighted by atomic mass is 16.6. The van der Waals surface area contributed by atoms with Crippen molar-refractivity contribution < 1.29 is 14.6 Å². The molecule has 0 aromatic carbocycles. The van der Waals surface area contributed by atoms with Crippen molar-refractivity contribution in [2.75, 3.05) is 13.1 Å². The lowest BCUT2D eigenvalue weighted by molar-refractivity contribution is 0.0276. The molecule has 25 heavy (non-hydrogen) atoms. The van der Waals surface area contributed by atoms with Crippen LogP contribution in [0.5, 0.6) is 0 Å². The molecule has 1 saturated heterocycles. The molecule has 0 radical (unpaired) electrons. The zero-order valence-corrected chi connectivity index (χ0v) is 14.7. The number of aromatic nitrogens is 2. The summed E-state index contributed by atoms with van der Waals surface area (Å²) >= 11 is 0. The van der Waals surface area contributed by atoms with Crippen LogP contribution in [-0.4, -0.2) is 50.3 Å². The van der Waals surface area contributed by atoms with Crippen LogP contribution in [0.15, 0.2) is 36.8 Å². The SMILES string of the molecule is CC(C)(C)OC(=O)N1CC2C(c3ccc4nccn4c3)=CC(O)C2C1. The molecule has 1 amide bonds. The Hall–Kier alpha value is -2.34. The molecule has 6 heteroatoms. The molecule has 2 aromatic heterocycles. The van der Waals surface area contributed by atoms with Gasteiger partial charge < -0.3 is 19.1 Å². The zero-order valence-electron chi connectivity index (χ0n) is 14.7. The van der Waals surface area contributed by atoms with Crippen LogP contribution in [0.1, 0.15) is 26.3 Å². The highest BCUT2D eigenvalue weighted by molar-refractivity contribution is 5.75. The van der Waals surface area contributed by atoms with E-state index in [1.54, 1.807) is 11.1 Å². The summed E-state index contributed by atoms with van der Waals surface area (Å²) in [5.41, 5.74) is 2.53. The fourth-order valence-corrected chi connectivity index (χ4v) is 3.81. The fourth-order valence-electron chi connectivity index (χ4n) is 3.81. The van der Waals surface area contributed by atoms with E-state index in [2.05, 4.69) is 4.98 Å². The Balaban J connectivity index is 1.57. The van der Waals surface area contributed by atoms with Crippen molar-refractivity contribution in [1.82, 2.24) is 14.3 Å². The monoisotopic (exact) mass is 341 g/mol. The number of hydrogen-bond donors (Lipinski definition) is 1. The highest BCUT2D eigenvalue weighted by Crippen LogP contribution is 2.43. The molecule has 132 valence electrons. The van der Waals surface area contributed by atoms with Crippen molar-refractivity contribution in [1.29, 1.82) is 0 Å². The van der Waals surface area contributed by atoms with E-state index in [1.807, 2.05) is 55.8 Å². The number of amides is 1. The topological polar surface area (TPSA) is 67.1 Å². The Morgan fingerprint density at radius 2 is 2.12 bits per heavy atom. The number of rotatable bonds is 1. The van der Waals surface area contributed by atoms with Crippen molar-refractivity contribution in [3.05, 3.63) is 42.4 Å². The lowest BCUT2D eigenvalue weighted by atomic mass is 9.91. The molecule has 2 aromatic rings. The highest BCUT2D eigenvalue weighted by Gasteiger charge is 2.45. The summed E-state index contributed by atoms with van der Waals surface area (Å²) < 4.78 is 7.45. The van der Waals surface area contributed by atoms with Crippen LogP contribution in [0, 0.1) is 11.8 Å². The number of hydrogen-bond acceptors (Lipinski definition) is 4. The van der Waals surface area contributed by atoms with Gasteiger partial charge in [-0.05, 0) is 44.0 Å². The van der Waals surface area contributed by atoms with Gasteiger partial charge in [-0.3, -0.25) is 0 Å². The van der Waals surface area contributed by atoms with E-state index in [0.717, 1.165) is 16.8 Å². The third-order valence-corrected chi connectivity index (χ3v) is 4.93. The molecule has 6 nitrogen and oxygen atoms in total. The summed E-state index contributed by atoms with van der Waals surface area (Å²) in [5.74, 6) is 0.157. The van der Waals surface area contributed by atoms with Crippen molar-refractivity contribution >= 4 is 17.3 Å². The van der Waals surface area contributed by atoms with Gasteiger partial charge >= 0.3 is 6.09 Å². The predicted octanol–water partition coefficient (Wildman–Crippen LogP) is 2.58. The molecule has 4 rings (SSSR count). The van der Waals surface area contributed by atoms with E-state index in [0.29, 0.717) is 13.1 Å². The number of ether oxygens (including phenoxy) is 1. The van der Waals surface area contributed by atoms with Gasteiger partial charge in [0.05, 0.1) is 6.10 Å². The maximum Gasteiger partial charge on any atom is 0.410 e. The minimum atomic E-state index is -0.536. The van der Waals surface area contributed by atoms with E-state index >= 15 is 0 Å². The quantitative estimate of drug-likeness (QED) is 0.866. The Labute approximate surface area is 146 Å². The third-order valence-electron chi connectivity index (χ3n) is 4.93. The number of likely N-dealkylation sites (tertiary alicyclic amines) is 1. The first-order valence-electron chi connectivity index (χ1n) is 8.62. The first-order valence-corrected chi connectivity index (χ1v) is 8.62. The average molecular weight is 341 g/mol. The smallest absolute Gasteiger partial charge is 0.410 e. The maximum atomic E-state index is 12.4. The standard InChI is InChI=1S/C19H23N3O3/c1-19(2,3)25-18(24)22-10-14-13(8-16(23)15(14)11-22)12-4-5-17-20-6-7-21(17)9-12/h4-9,14-16,23H,10-11H2,1-3H3. The molecular formula is C19H23N3O3. The minimum Gasteiger partial charge on any atom is -0.444 e. The second kappa shape index (κ2) is 5.59. The number of fused-ring (bicyclic) bond motifs is 2. The van der Waals surface area contributed by atoms with Crippen molar-refractivity contribution in [2.45, 2.75) is 32.5 Å². The van der Waals surface area contributed by atoms with Crippen LogP contribution < -0.4 is 0 Å². The van der Waals surface area contributed by atoms with Gasteiger partial charge in [0, 0.05) is 43.5 Å². The molecule has 1 N–H and O–H groups in total. The molecule has 1 aliphatic carbocycles. The van der Waals surface area contributed by atoms with Gasteiger partial charge in [0.2, 0.25) is 0 Å². The molecule has 1 aliphatic heterocycles. The second-order valence-corrected chi connectivity index (χ2v) is 7.88. The molecule has 1 fully saturated rings. The summed E-state index contributed by atoms with van der Waals surface area (Å²) in [6, 6.07) is 4.00. The lowest BCUT2D eigenvalue weighted by Gasteiger charge is -2.25. The van der Waals surface area contributed by atoms with Gasteiger partial charge in [0.1, 0.15) is 11.2 Å². The van der Waals surface area contributed by atoms with Crippen molar-refractivity contribution in [3.63, 3.8) is 0 Å². The van der Waals surface area contributed by atoms with Gasteiger partial charge in [0.15, 0.2) is 0 Å². The van der Waals surface area contributed by atoms with E-state index < -0.39 is 11.7 Å². The number of aliphatic hydroxyl groups excluding tert-OH is 1. The van der Waals surface area contributed by atoms with Gasteiger partial charge in [-0.25, -0.2) is 9.78 Å². The molecule has 3 atom stereocenters. The van der Waals surface area contributed by atoms with Crippen LogP contribution in [0.2, 0.25) is 0 Å². The van der Waals surface area contributed by atoms with E-state index in [-0.39, 0.29) is 17.9 Å². The zero-order chi connectivity index (χ0) is 17.8. The average Bonchev–Trinajstić information content (AvgIpc) is 3.21. The molecule has 0 saturated carbocycles. The number of imidazole rings is 1. The second-order valence-electron chi connectivity index (χ2n) is 7.88. The largest absolute Gasteiger partial charge is 0.444 e. The van der Waals surface area contributed by atoms with Crippen LogP contribution in [0.25, 0.3) is 11.2 Å². The summed E-state index contributed by atoms with van der Waals surface area (Å²) in [4.78, 5) is 18.3. The molecule has 3 heterocycles. The van der Waals surface area contributed by atoms with Crippen LogP contribution in [-0.2, 0) is 4.74 Å². The van der Waals surface area contributed by atoms with E-state index in [4.69, 9.17) is 4.74 Å². The van der Waals surface area contributed by atoms with Crippen molar-refractivity contribution in [2.24, 2.45) is 11.8 Å². The number of carbonyl (C=O) groups is 1. The Kier molecular flexibility index (Phi) is 3.61. The van der Waals surface area contributed by atoms with Gasteiger partial charge in [-0.15, -0.1) is 0 Å². The fraction of sp³-hybridized carbons (Fsp3) is 0.474. The van der Waals surface area contributed by atoms with Crippen molar-refractivity contribution in [3.8, 4) is 0 Å². The van der Waals surface area contributed by atoms with E-state index in [1.165, 1.54) is 0 Å². The minimum absolute atomic E-state index is 0.0287. The van der Waals surface area contributed by atoms with Crippen LogP contribution >= 0.6 is 0 Å². The van der Waals surface area contributed by atoms with Gasteiger partial charge in [-0.2, -0.15) is 0 Å². The predicted molar refractivity (Wildman–Crippen MR) is 94.0 cm³/mol. The Bertz CT molecular complexity index is 849. The number of pyridine rings is 1. The number of aliphatic hydroxyl groups is 1. The summed E-state index contributed by atoms with van der Waals surface area (Å²) in [5, 5.41) is 10.5. The van der Waals surface area contributed by atoms with Gasteiger partial charge in [-0.1, -0.05) is 6.08 Å². The summed E-state index contributed by atoms with van der Waals surface area (Å²) in [6.07, 6.45) is 6.78. The Morgan fingerprint density at radius 1 is 1.32 bits per heavy atom. The van der Waals surface area contributed by atoms with Gasteiger partial charge in [0.25, 0.3) is 0 Å². The van der Waals surface area contributed by atoms with E-state index in [9.17, 15) is 9.90 Å². The third kappa shape index (κ3) is 2.91. The molecule has 0 spiro atoms. The molecule has 3 unspecified atom stereocenters. The maximum absolute atomic E-state index is 12.4. The molecule has 0 bridgehead atoms. The first-order chi connectivity index (χ1) is 11.8. The molecule has 2 aliphatic rings. The Morgan fingerprint density at radius 3 is 2.88 bits per heavy atom. The number of carbonyl (C=O) groups excluding carboxylic acids is 1. The van der Waals surface area contributed by atoms with Crippen LogP contribution in [0.4, 0.5) is 4.79 Å². The normalized spacial score (nSPS) is 26.0. The lowest BCUT2D eigenvalue weighted by Crippen LogP contribution is -2.36. The van der Waals surface area contributed by atoms with Crippen LogP contribution in [0.3, 0.4) is 0 Å².